The Morgan fingerprint density at radius 1 is 1.53 bits per heavy atom. The minimum Gasteiger partial charge on any atom is -0.464 e. The van der Waals surface area contributed by atoms with Crippen LogP contribution in [0.1, 0.15) is 32.1 Å². The highest BCUT2D eigenvalue weighted by molar-refractivity contribution is 7.95. The molecule has 5 heteroatoms. The fourth-order valence-corrected chi connectivity index (χ4v) is 3.07. The molecule has 0 aromatic carbocycles. The van der Waals surface area contributed by atoms with Crippen LogP contribution >= 0.6 is 12.1 Å². The third-order valence-corrected chi connectivity index (χ3v) is 3.85. The van der Waals surface area contributed by atoms with E-state index in [4.69, 9.17) is 5.11 Å². The minimum atomic E-state index is -0.974. The molecule has 0 saturated carbocycles. The minimum absolute atomic E-state index is 0.663. The van der Waals surface area contributed by atoms with Crippen molar-refractivity contribution >= 4 is 18.2 Å². The lowest BCUT2D eigenvalue weighted by Crippen LogP contribution is -2.33. The second-order valence-corrected chi connectivity index (χ2v) is 4.83. The fraction of sp³-hybridized carbons (Fsp3) is 0.700. The molecule has 1 unspecified atom stereocenters. The SMILES string of the molecule is O=C(O)NSN1CCCC2CCCC=C21. The van der Waals surface area contributed by atoms with Gasteiger partial charge in [-0.05, 0) is 38.0 Å². The zero-order valence-electron chi connectivity index (χ0n) is 8.61. The summed E-state index contributed by atoms with van der Waals surface area (Å²) in [4.78, 5) is 10.4. The van der Waals surface area contributed by atoms with Crippen molar-refractivity contribution in [2.75, 3.05) is 6.54 Å². The van der Waals surface area contributed by atoms with Gasteiger partial charge in [-0.15, -0.1) is 0 Å². The van der Waals surface area contributed by atoms with Crippen molar-refractivity contribution in [2.45, 2.75) is 32.1 Å². The van der Waals surface area contributed by atoms with Crippen LogP contribution in [0.2, 0.25) is 0 Å². The maximum Gasteiger partial charge on any atom is 0.416 e. The summed E-state index contributed by atoms with van der Waals surface area (Å²) in [6.07, 6.45) is 7.39. The number of allylic oxidation sites excluding steroid dienone is 2. The van der Waals surface area contributed by atoms with Gasteiger partial charge >= 0.3 is 6.09 Å². The summed E-state index contributed by atoms with van der Waals surface area (Å²) in [6.45, 7) is 0.952. The highest BCUT2D eigenvalue weighted by Crippen LogP contribution is 2.37. The molecule has 0 radical (unpaired) electrons. The van der Waals surface area contributed by atoms with Crippen LogP contribution in [0.15, 0.2) is 11.8 Å². The largest absolute Gasteiger partial charge is 0.464 e. The number of piperidine rings is 1. The molecule has 1 saturated heterocycles. The van der Waals surface area contributed by atoms with Crippen molar-refractivity contribution < 1.29 is 9.90 Å². The van der Waals surface area contributed by atoms with Crippen LogP contribution in [0.25, 0.3) is 0 Å². The average molecular weight is 228 g/mol. The zero-order valence-corrected chi connectivity index (χ0v) is 9.42. The van der Waals surface area contributed by atoms with E-state index in [0.29, 0.717) is 5.92 Å². The second-order valence-electron chi connectivity index (χ2n) is 4.00. The lowest BCUT2D eigenvalue weighted by atomic mass is 9.86. The molecule has 0 bridgehead atoms. The molecule has 15 heavy (non-hydrogen) atoms. The normalized spacial score (nSPS) is 25.5. The molecule has 1 fully saturated rings. The number of carboxylic acid groups (broad SMARTS) is 1. The highest BCUT2D eigenvalue weighted by atomic mass is 32.2. The van der Waals surface area contributed by atoms with Gasteiger partial charge in [0.05, 0.1) is 12.1 Å². The average Bonchev–Trinajstić information content (AvgIpc) is 2.26. The van der Waals surface area contributed by atoms with E-state index in [1.165, 1.54) is 37.1 Å². The van der Waals surface area contributed by atoms with E-state index in [-0.39, 0.29) is 0 Å². The van der Waals surface area contributed by atoms with Gasteiger partial charge in [-0.3, -0.25) is 0 Å². The van der Waals surface area contributed by atoms with Crippen LogP contribution in [0, 0.1) is 5.92 Å². The molecule has 2 aliphatic rings. The molecule has 1 aliphatic carbocycles. The predicted octanol–water partition coefficient (Wildman–Crippen LogP) is 2.60. The number of fused-ring (bicyclic) bond motifs is 1. The monoisotopic (exact) mass is 228 g/mol. The van der Waals surface area contributed by atoms with Crippen LogP contribution in [0.5, 0.6) is 0 Å². The van der Waals surface area contributed by atoms with Gasteiger partial charge in [0.1, 0.15) is 0 Å². The Morgan fingerprint density at radius 3 is 3.13 bits per heavy atom. The smallest absolute Gasteiger partial charge is 0.416 e. The van der Waals surface area contributed by atoms with Crippen LogP contribution in [0.4, 0.5) is 4.79 Å². The number of amides is 1. The maximum atomic E-state index is 10.4. The van der Waals surface area contributed by atoms with Crippen molar-refractivity contribution in [3.63, 3.8) is 0 Å². The highest BCUT2D eigenvalue weighted by Gasteiger charge is 2.27. The summed E-state index contributed by atoms with van der Waals surface area (Å²) < 4.78 is 4.47. The molecule has 0 aromatic heterocycles. The van der Waals surface area contributed by atoms with Gasteiger partial charge in [-0.25, -0.2) is 9.52 Å². The number of rotatable bonds is 2. The number of carbonyl (C=O) groups is 1. The second kappa shape index (κ2) is 4.79. The van der Waals surface area contributed by atoms with Crippen molar-refractivity contribution in [1.29, 1.82) is 0 Å². The number of nitrogens with zero attached hydrogens (tertiary/aromatic N) is 1. The fourth-order valence-electron chi connectivity index (χ4n) is 2.33. The molecule has 1 heterocycles. The van der Waals surface area contributed by atoms with Gasteiger partial charge in [-0.2, -0.15) is 0 Å². The summed E-state index contributed by atoms with van der Waals surface area (Å²) >= 11 is 1.21. The molecule has 0 spiro atoms. The van der Waals surface area contributed by atoms with E-state index in [9.17, 15) is 4.79 Å². The van der Waals surface area contributed by atoms with E-state index in [2.05, 4.69) is 15.1 Å². The van der Waals surface area contributed by atoms with Crippen LogP contribution in [0.3, 0.4) is 0 Å². The van der Waals surface area contributed by atoms with Crippen molar-refractivity contribution in [1.82, 2.24) is 9.03 Å². The van der Waals surface area contributed by atoms with Crippen molar-refractivity contribution in [3.05, 3.63) is 11.8 Å². The summed E-state index contributed by atoms with van der Waals surface area (Å²) in [5.74, 6) is 0.663. The number of hydrogen-bond acceptors (Lipinski definition) is 3. The molecule has 4 nitrogen and oxygen atoms in total. The first-order valence-electron chi connectivity index (χ1n) is 5.41. The van der Waals surface area contributed by atoms with E-state index in [1.54, 1.807) is 0 Å². The molecule has 84 valence electrons. The van der Waals surface area contributed by atoms with E-state index in [0.717, 1.165) is 19.4 Å². The lowest BCUT2D eigenvalue weighted by Gasteiger charge is -2.37. The predicted molar refractivity (Wildman–Crippen MR) is 60.1 cm³/mol. The van der Waals surface area contributed by atoms with E-state index >= 15 is 0 Å². The van der Waals surface area contributed by atoms with E-state index < -0.39 is 6.09 Å². The summed E-state index contributed by atoms with van der Waals surface area (Å²) in [6, 6.07) is 0. The summed E-state index contributed by atoms with van der Waals surface area (Å²) in [5, 5.41) is 8.56. The molecule has 1 aliphatic heterocycles. The Morgan fingerprint density at radius 2 is 2.33 bits per heavy atom. The van der Waals surface area contributed by atoms with Crippen LogP contribution < -0.4 is 4.72 Å². The third kappa shape index (κ3) is 2.59. The third-order valence-electron chi connectivity index (χ3n) is 2.97. The number of nitrogens with one attached hydrogen (secondary N) is 1. The molecule has 0 aromatic rings. The molecule has 2 N–H and O–H groups in total. The van der Waals surface area contributed by atoms with Crippen molar-refractivity contribution in [3.8, 4) is 0 Å². The summed E-state index contributed by atoms with van der Waals surface area (Å²) in [7, 11) is 0. The van der Waals surface area contributed by atoms with Gasteiger partial charge in [-0.1, -0.05) is 6.08 Å². The molecule has 2 rings (SSSR count). The van der Waals surface area contributed by atoms with Crippen LogP contribution in [-0.2, 0) is 0 Å². The van der Waals surface area contributed by atoms with Crippen LogP contribution in [-0.4, -0.2) is 22.0 Å². The molecular formula is C10H16N2O2S. The van der Waals surface area contributed by atoms with Gasteiger partial charge in [0.25, 0.3) is 0 Å². The van der Waals surface area contributed by atoms with Gasteiger partial charge in [0.2, 0.25) is 0 Å². The Balaban J connectivity index is 1.97. The molecular weight excluding hydrogens is 212 g/mol. The van der Waals surface area contributed by atoms with Crippen molar-refractivity contribution in [2.24, 2.45) is 5.92 Å². The first-order valence-corrected chi connectivity index (χ1v) is 6.18. The standard InChI is InChI=1S/C10H16N2O2S/c13-10(14)11-15-12-7-3-5-8-4-1-2-6-9(8)12/h6,8,11H,1-5,7H2,(H,13,14). The quantitative estimate of drug-likeness (QED) is 0.713. The Bertz CT molecular complexity index is 281. The van der Waals surface area contributed by atoms with Gasteiger partial charge in [0, 0.05) is 12.2 Å². The maximum absolute atomic E-state index is 10.4. The Kier molecular flexibility index (Phi) is 3.41. The Hall–Kier alpha value is -0.840. The topological polar surface area (TPSA) is 52.6 Å². The summed E-state index contributed by atoms with van der Waals surface area (Å²) in [5.41, 5.74) is 1.34. The number of hydrogen-bond donors (Lipinski definition) is 2. The van der Waals surface area contributed by atoms with Gasteiger partial charge in [0.15, 0.2) is 0 Å². The Labute approximate surface area is 94.0 Å². The van der Waals surface area contributed by atoms with Gasteiger partial charge < -0.3 is 9.41 Å². The molecule has 1 amide bonds. The first kappa shape index (κ1) is 10.7. The molecule has 1 atom stereocenters. The lowest BCUT2D eigenvalue weighted by molar-refractivity contribution is 0.201. The zero-order chi connectivity index (χ0) is 10.7. The van der Waals surface area contributed by atoms with E-state index in [1.807, 2.05) is 0 Å². The first-order chi connectivity index (χ1) is 7.27.